The van der Waals surface area contributed by atoms with Gasteiger partial charge in [0.1, 0.15) is 0 Å². The van der Waals surface area contributed by atoms with Crippen LogP contribution in [0.25, 0.3) is 0 Å². The van der Waals surface area contributed by atoms with E-state index in [1.807, 2.05) is 13.1 Å². The van der Waals surface area contributed by atoms with E-state index in [0.29, 0.717) is 6.42 Å². The molecule has 0 heterocycles. The summed E-state index contributed by atoms with van der Waals surface area (Å²) in [7, 11) is 2.01. The van der Waals surface area contributed by atoms with Crippen LogP contribution in [0.1, 0.15) is 12.0 Å². The fourth-order valence-corrected chi connectivity index (χ4v) is 1.86. The van der Waals surface area contributed by atoms with Crippen LogP contribution < -0.4 is 4.90 Å². The number of anilines is 1. The van der Waals surface area contributed by atoms with Crippen molar-refractivity contribution >= 4 is 21.6 Å². The number of nitrogens with zero attached hydrogens (tertiary/aromatic N) is 2. The maximum atomic E-state index is 8.49. The Morgan fingerprint density at radius 1 is 1.50 bits per heavy atom. The molecule has 0 aliphatic heterocycles. The Hall–Kier alpha value is -1.01. The third-order valence-corrected chi connectivity index (χ3v) is 2.62. The predicted octanol–water partition coefficient (Wildman–Crippen LogP) is 3.11. The monoisotopic (exact) mass is 252 g/mol. The van der Waals surface area contributed by atoms with E-state index >= 15 is 0 Å². The van der Waals surface area contributed by atoms with Gasteiger partial charge in [-0.15, -0.1) is 0 Å². The summed E-state index contributed by atoms with van der Waals surface area (Å²) in [5.41, 5.74) is 2.41. The summed E-state index contributed by atoms with van der Waals surface area (Å²) in [5, 5.41) is 8.49. The van der Waals surface area contributed by atoms with Crippen LogP contribution in [0.3, 0.4) is 0 Å². The second kappa shape index (κ2) is 5.02. The van der Waals surface area contributed by atoms with Crippen LogP contribution in [0, 0.1) is 18.3 Å². The molecule has 3 heteroatoms. The molecule has 1 aromatic carbocycles. The summed E-state index contributed by atoms with van der Waals surface area (Å²) in [6.45, 7) is 2.85. The number of halogens is 1. The molecule has 1 aromatic rings. The van der Waals surface area contributed by atoms with Crippen molar-refractivity contribution in [3.63, 3.8) is 0 Å². The lowest BCUT2D eigenvalue weighted by Crippen LogP contribution is -2.18. The maximum absolute atomic E-state index is 8.49. The fourth-order valence-electron chi connectivity index (χ4n) is 1.39. The minimum Gasteiger partial charge on any atom is -0.373 e. The minimum absolute atomic E-state index is 0.562. The topological polar surface area (TPSA) is 27.0 Å². The first kappa shape index (κ1) is 11.1. The summed E-state index contributed by atoms with van der Waals surface area (Å²) in [5.74, 6) is 0. The predicted molar refractivity (Wildman–Crippen MR) is 62.4 cm³/mol. The summed E-state index contributed by atoms with van der Waals surface area (Å²) < 4.78 is 1.09. The zero-order chi connectivity index (χ0) is 10.6. The molecular formula is C11H13BrN2. The average molecular weight is 253 g/mol. The van der Waals surface area contributed by atoms with Gasteiger partial charge in [-0.2, -0.15) is 5.26 Å². The molecule has 74 valence electrons. The van der Waals surface area contributed by atoms with Crippen molar-refractivity contribution in [2.75, 3.05) is 18.5 Å². The Morgan fingerprint density at radius 3 is 2.79 bits per heavy atom. The second-order valence-electron chi connectivity index (χ2n) is 3.26. The molecule has 0 atom stereocenters. The van der Waals surface area contributed by atoms with Crippen molar-refractivity contribution in [3.8, 4) is 6.07 Å². The van der Waals surface area contributed by atoms with Crippen molar-refractivity contribution in [2.24, 2.45) is 0 Å². The highest BCUT2D eigenvalue weighted by Gasteiger charge is 2.03. The lowest BCUT2D eigenvalue weighted by Gasteiger charge is -2.20. The summed E-state index contributed by atoms with van der Waals surface area (Å²) in [6.07, 6.45) is 0.562. The SMILES string of the molecule is Cc1cc(Br)ccc1N(C)CCC#N. The number of hydrogen-bond donors (Lipinski definition) is 0. The number of nitriles is 1. The van der Waals surface area contributed by atoms with Crippen molar-refractivity contribution in [1.82, 2.24) is 0 Å². The minimum atomic E-state index is 0.562. The Labute approximate surface area is 93.3 Å². The van der Waals surface area contributed by atoms with Gasteiger partial charge in [0.25, 0.3) is 0 Å². The zero-order valence-corrected chi connectivity index (χ0v) is 10.0. The molecule has 0 fully saturated rings. The third kappa shape index (κ3) is 2.74. The average Bonchev–Trinajstić information content (AvgIpc) is 2.14. The van der Waals surface area contributed by atoms with Crippen LogP contribution in [0.2, 0.25) is 0 Å². The first-order chi connectivity index (χ1) is 6.65. The summed E-state index contributed by atoms with van der Waals surface area (Å²) in [4.78, 5) is 2.10. The van der Waals surface area contributed by atoms with Gasteiger partial charge in [0.2, 0.25) is 0 Å². The van der Waals surface area contributed by atoms with E-state index in [2.05, 4.69) is 46.0 Å². The highest BCUT2D eigenvalue weighted by molar-refractivity contribution is 9.10. The molecular weight excluding hydrogens is 240 g/mol. The van der Waals surface area contributed by atoms with E-state index in [1.165, 1.54) is 11.3 Å². The molecule has 0 spiro atoms. The molecule has 0 unspecified atom stereocenters. The molecule has 2 nitrogen and oxygen atoms in total. The normalized spacial score (nSPS) is 9.57. The summed E-state index contributed by atoms with van der Waals surface area (Å²) in [6, 6.07) is 8.32. The Bertz CT molecular complexity index is 355. The Kier molecular flexibility index (Phi) is 3.97. The van der Waals surface area contributed by atoms with E-state index < -0.39 is 0 Å². The molecule has 0 N–H and O–H groups in total. The molecule has 0 aliphatic carbocycles. The van der Waals surface area contributed by atoms with E-state index in [-0.39, 0.29) is 0 Å². The Morgan fingerprint density at radius 2 is 2.21 bits per heavy atom. The van der Waals surface area contributed by atoms with Gasteiger partial charge in [0, 0.05) is 23.8 Å². The van der Waals surface area contributed by atoms with Crippen molar-refractivity contribution < 1.29 is 0 Å². The first-order valence-corrected chi connectivity index (χ1v) is 5.28. The van der Waals surface area contributed by atoms with Gasteiger partial charge in [0.05, 0.1) is 12.5 Å². The lowest BCUT2D eigenvalue weighted by molar-refractivity contribution is 0.900. The van der Waals surface area contributed by atoms with Crippen LogP contribution in [0.15, 0.2) is 22.7 Å². The van der Waals surface area contributed by atoms with Crippen LogP contribution in [0.4, 0.5) is 5.69 Å². The van der Waals surface area contributed by atoms with Gasteiger partial charge < -0.3 is 4.90 Å². The van der Waals surface area contributed by atoms with E-state index in [9.17, 15) is 0 Å². The smallest absolute Gasteiger partial charge is 0.0640 e. The van der Waals surface area contributed by atoms with Crippen molar-refractivity contribution in [2.45, 2.75) is 13.3 Å². The van der Waals surface area contributed by atoms with E-state index in [1.54, 1.807) is 0 Å². The second-order valence-corrected chi connectivity index (χ2v) is 4.18. The van der Waals surface area contributed by atoms with Crippen LogP contribution in [-0.2, 0) is 0 Å². The van der Waals surface area contributed by atoms with E-state index in [4.69, 9.17) is 5.26 Å². The van der Waals surface area contributed by atoms with Gasteiger partial charge in [-0.25, -0.2) is 0 Å². The summed E-state index contributed by atoms with van der Waals surface area (Å²) >= 11 is 3.43. The molecule has 0 saturated heterocycles. The first-order valence-electron chi connectivity index (χ1n) is 4.49. The third-order valence-electron chi connectivity index (χ3n) is 2.13. The number of aryl methyl sites for hydroxylation is 1. The van der Waals surface area contributed by atoms with Crippen molar-refractivity contribution in [1.29, 1.82) is 5.26 Å². The quantitative estimate of drug-likeness (QED) is 0.827. The molecule has 0 bridgehead atoms. The van der Waals surface area contributed by atoms with Gasteiger partial charge in [-0.3, -0.25) is 0 Å². The fraction of sp³-hybridized carbons (Fsp3) is 0.364. The largest absolute Gasteiger partial charge is 0.373 e. The molecule has 0 amide bonds. The van der Waals surface area contributed by atoms with Crippen LogP contribution in [-0.4, -0.2) is 13.6 Å². The standard InChI is InChI=1S/C11H13BrN2/c1-9-8-10(12)4-5-11(9)14(2)7-3-6-13/h4-5,8H,3,7H2,1-2H3. The van der Waals surface area contributed by atoms with Gasteiger partial charge >= 0.3 is 0 Å². The van der Waals surface area contributed by atoms with Crippen LogP contribution in [0.5, 0.6) is 0 Å². The molecule has 0 saturated carbocycles. The van der Waals surface area contributed by atoms with Crippen molar-refractivity contribution in [3.05, 3.63) is 28.2 Å². The highest BCUT2D eigenvalue weighted by atomic mass is 79.9. The van der Waals surface area contributed by atoms with Gasteiger partial charge in [0.15, 0.2) is 0 Å². The molecule has 0 radical (unpaired) electrons. The molecule has 0 aliphatic rings. The Balaban J connectivity index is 2.80. The molecule has 0 aromatic heterocycles. The van der Waals surface area contributed by atoms with Crippen LogP contribution >= 0.6 is 15.9 Å². The molecule has 14 heavy (non-hydrogen) atoms. The highest BCUT2D eigenvalue weighted by Crippen LogP contribution is 2.22. The molecule has 1 rings (SSSR count). The van der Waals surface area contributed by atoms with E-state index in [0.717, 1.165) is 11.0 Å². The van der Waals surface area contributed by atoms with Gasteiger partial charge in [-0.05, 0) is 30.7 Å². The number of hydrogen-bond acceptors (Lipinski definition) is 2. The maximum Gasteiger partial charge on any atom is 0.0640 e. The number of benzene rings is 1. The lowest BCUT2D eigenvalue weighted by atomic mass is 10.2. The zero-order valence-electron chi connectivity index (χ0n) is 8.42. The van der Waals surface area contributed by atoms with Gasteiger partial charge in [-0.1, -0.05) is 15.9 Å². The number of rotatable bonds is 3.